The molecule has 0 saturated carbocycles. The minimum absolute atomic E-state index is 0.539. The third-order valence-electron chi connectivity index (χ3n) is 3.47. The first-order chi connectivity index (χ1) is 12.1. The summed E-state index contributed by atoms with van der Waals surface area (Å²) < 4.78 is 13.0. The first-order valence-corrected chi connectivity index (χ1v) is 10.9. The molecule has 0 bridgehead atoms. The summed E-state index contributed by atoms with van der Waals surface area (Å²) in [7, 11) is 1.09. The van der Waals surface area contributed by atoms with E-state index in [1.54, 1.807) is 11.3 Å². The summed E-state index contributed by atoms with van der Waals surface area (Å²) in [5.74, 6) is 1.96. The van der Waals surface area contributed by atoms with E-state index in [-0.39, 0.29) is 0 Å². The van der Waals surface area contributed by atoms with Crippen molar-refractivity contribution in [2.24, 2.45) is 4.99 Å². The fourth-order valence-corrected chi connectivity index (χ4v) is 4.45. The number of rotatable bonds is 8. The zero-order valence-electron chi connectivity index (χ0n) is 14.6. The summed E-state index contributed by atoms with van der Waals surface area (Å²) in [4.78, 5) is 7.86. The monoisotopic (exact) mass is 397 g/mol. The maximum atomic E-state index is 12.2. The first-order valence-electron chi connectivity index (χ1n) is 8.21. The first kappa shape index (κ1) is 19.9. The van der Waals surface area contributed by atoms with E-state index in [2.05, 4.69) is 15.2 Å². The summed E-state index contributed by atoms with van der Waals surface area (Å²) in [6.07, 6.45) is 0. The van der Waals surface area contributed by atoms with E-state index in [0.29, 0.717) is 18.1 Å². The molecule has 1 heterocycles. The molecule has 2 rings (SSSR count). The van der Waals surface area contributed by atoms with Gasteiger partial charge in [0.15, 0.2) is 5.96 Å². The highest BCUT2D eigenvalue weighted by Crippen LogP contribution is 2.22. The van der Waals surface area contributed by atoms with Gasteiger partial charge >= 0.3 is 0 Å². The van der Waals surface area contributed by atoms with Gasteiger partial charge in [-0.2, -0.15) is 0 Å². The predicted octanol–water partition coefficient (Wildman–Crippen LogP) is 3.75. The fourth-order valence-electron chi connectivity index (χ4n) is 2.30. The van der Waals surface area contributed by atoms with Crippen LogP contribution >= 0.6 is 22.9 Å². The van der Waals surface area contributed by atoms with E-state index >= 15 is 0 Å². The van der Waals surface area contributed by atoms with Crippen molar-refractivity contribution < 1.29 is 4.21 Å². The van der Waals surface area contributed by atoms with Gasteiger partial charge in [0.2, 0.25) is 0 Å². The molecule has 0 aliphatic heterocycles. The summed E-state index contributed by atoms with van der Waals surface area (Å²) in [5, 5.41) is 3.28. The second-order valence-electron chi connectivity index (χ2n) is 5.57. The van der Waals surface area contributed by atoms with E-state index in [1.165, 1.54) is 4.88 Å². The Morgan fingerprint density at radius 2 is 2.04 bits per heavy atom. The van der Waals surface area contributed by atoms with Crippen LogP contribution in [0.25, 0.3) is 0 Å². The standard InChI is InChI=1S/C18H24ClN3OS2/c1-3-20-18(22(2)13-16-9-10-17(19)24-16)21-11-12-25(23)14-15-7-5-4-6-8-15/h4-10H,3,11-14H2,1-2H3,(H,20,21). The maximum absolute atomic E-state index is 12.2. The Morgan fingerprint density at radius 3 is 2.68 bits per heavy atom. The number of hydrogen-bond donors (Lipinski definition) is 1. The minimum atomic E-state index is -0.908. The molecule has 0 spiro atoms. The number of hydrogen-bond acceptors (Lipinski definition) is 3. The summed E-state index contributed by atoms with van der Waals surface area (Å²) in [6, 6.07) is 13.9. The largest absolute Gasteiger partial charge is 0.357 e. The molecule has 0 amide bonds. The molecule has 0 aliphatic rings. The third-order valence-corrected chi connectivity index (χ3v) is 5.98. The highest BCUT2D eigenvalue weighted by atomic mass is 35.5. The molecule has 1 unspecified atom stereocenters. The average Bonchev–Trinajstić information content (AvgIpc) is 2.99. The Balaban J connectivity index is 1.86. The second-order valence-corrected chi connectivity index (χ2v) is 8.95. The molecule has 25 heavy (non-hydrogen) atoms. The molecule has 7 heteroatoms. The summed E-state index contributed by atoms with van der Waals surface area (Å²) in [5.41, 5.74) is 1.10. The van der Waals surface area contributed by atoms with E-state index < -0.39 is 10.8 Å². The van der Waals surface area contributed by atoms with Gasteiger partial charge in [-0.3, -0.25) is 9.20 Å². The molecule has 136 valence electrons. The smallest absolute Gasteiger partial charge is 0.194 e. The Labute approximate surface area is 161 Å². The molecule has 0 aliphatic carbocycles. The molecule has 0 saturated heterocycles. The number of halogens is 1. The van der Waals surface area contributed by atoms with E-state index in [4.69, 9.17) is 11.6 Å². The van der Waals surface area contributed by atoms with Crippen molar-refractivity contribution in [1.82, 2.24) is 10.2 Å². The van der Waals surface area contributed by atoms with Crippen LogP contribution in [0, 0.1) is 0 Å². The lowest BCUT2D eigenvalue weighted by atomic mass is 10.2. The van der Waals surface area contributed by atoms with Gasteiger partial charge < -0.3 is 10.2 Å². The van der Waals surface area contributed by atoms with E-state index in [9.17, 15) is 4.21 Å². The van der Waals surface area contributed by atoms with Crippen molar-refractivity contribution in [3.8, 4) is 0 Å². The van der Waals surface area contributed by atoms with E-state index in [0.717, 1.165) is 28.9 Å². The SMILES string of the molecule is CCNC(=NCCS(=O)Cc1ccccc1)N(C)Cc1ccc(Cl)s1. The van der Waals surface area contributed by atoms with Crippen LogP contribution in [0.4, 0.5) is 0 Å². The van der Waals surface area contributed by atoms with Crippen molar-refractivity contribution in [2.75, 3.05) is 25.9 Å². The molecule has 4 nitrogen and oxygen atoms in total. The lowest BCUT2D eigenvalue weighted by Crippen LogP contribution is -2.38. The molecule has 1 N–H and O–H groups in total. The van der Waals surface area contributed by atoms with Crippen molar-refractivity contribution >= 4 is 39.7 Å². The van der Waals surface area contributed by atoms with Gasteiger partial charge in [-0.25, -0.2) is 0 Å². The van der Waals surface area contributed by atoms with Gasteiger partial charge in [0.05, 0.1) is 17.4 Å². The van der Waals surface area contributed by atoms with Gasteiger partial charge in [-0.15, -0.1) is 11.3 Å². The Morgan fingerprint density at radius 1 is 1.28 bits per heavy atom. The van der Waals surface area contributed by atoms with Crippen LogP contribution < -0.4 is 5.32 Å². The molecule has 1 atom stereocenters. The van der Waals surface area contributed by atoms with Gasteiger partial charge in [-0.1, -0.05) is 41.9 Å². The summed E-state index contributed by atoms with van der Waals surface area (Å²) >= 11 is 7.56. The molecule has 0 fully saturated rings. The minimum Gasteiger partial charge on any atom is -0.357 e. The van der Waals surface area contributed by atoms with Crippen molar-refractivity contribution in [3.63, 3.8) is 0 Å². The highest BCUT2D eigenvalue weighted by molar-refractivity contribution is 7.84. The van der Waals surface area contributed by atoms with Crippen LogP contribution in [0.15, 0.2) is 47.5 Å². The number of nitrogens with zero attached hydrogens (tertiary/aromatic N) is 2. The van der Waals surface area contributed by atoms with Crippen molar-refractivity contribution in [2.45, 2.75) is 19.2 Å². The Kier molecular flexibility index (Phi) is 8.44. The molecule has 0 radical (unpaired) electrons. The zero-order chi connectivity index (χ0) is 18.1. The lowest BCUT2D eigenvalue weighted by molar-refractivity contribution is 0.482. The Bertz CT molecular complexity index is 703. The molecular formula is C18H24ClN3OS2. The third kappa shape index (κ3) is 7.18. The molecular weight excluding hydrogens is 374 g/mol. The van der Waals surface area contributed by atoms with Crippen LogP contribution in [-0.4, -0.2) is 41.0 Å². The van der Waals surface area contributed by atoms with Gasteiger partial charge in [0, 0.05) is 40.8 Å². The average molecular weight is 398 g/mol. The predicted molar refractivity (Wildman–Crippen MR) is 110 cm³/mol. The van der Waals surface area contributed by atoms with Crippen LogP contribution in [0.2, 0.25) is 4.34 Å². The fraction of sp³-hybridized carbons (Fsp3) is 0.389. The lowest BCUT2D eigenvalue weighted by Gasteiger charge is -2.21. The number of benzene rings is 1. The Hall–Kier alpha value is -1.37. The van der Waals surface area contributed by atoms with Crippen LogP contribution in [0.1, 0.15) is 17.4 Å². The number of aliphatic imine (C=N–C) groups is 1. The van der Waals surface area contributed by atoms with Crippen molar-refractivity contribution in [3.05, 3.63) is 57.2 Å². The number of thiophene rings is 1. The van der Waals surface area contributed by atoms with Gasteiger partial charge in [0.25, 0.3) is 0 Å². The zero-order valence-corrected chi connectivity index (χ0v) is 17.0. The molecule has 1 aromatic heterocycles. The normalized spacial score (nSPS) is 12.8. The number of nitrogens with one attached hydrogen (secondary N) is 1. The van der Waals surface area contributed by atoms with E-state index in [1.807, 2.05) is 56.4 Å². The van der Waals surface area contributed by atoms with Gasteiger partial charge in [0.1, 0.15) is 0 Å². The van der Waals surface area contributed by atoms with Crippen LogP contribution in [0.3, 0.4) is 0 Å². The summed E-state index contributed by atoms with van der Waals surface area (Å²) in [6.45, 7) is 4.12. The highest BCUT2D eigenvalue weighted by Gasteiger charge is 2.08. The van der Waals surface area contributed by atoms with Crippen LogP contribution in [-0.2, 0) is 23.1 Å². The number of guanidine groups is 1. The maximum Gasteiger partial charge on any atom is 0.194 e. The van der Waals surface area contributed by atoms with Crippen LogP contribution in [0.5, 0.6) is 0 Å². The molecule has 2 aromatic rings. The second kappa shape index (κ2) is 10.6. The van der Waals surface area contributed by atoms with Gasteiger partial charge in [-0.05, 0) is 24.6 Å². The van der Waals surface area contributed by atoms with Crippen molar-refractivity contribution in [1.29, 1.82) is 0 Å². The molecule has 1 aromatic carbocycles. The topological polar surface area (TPSA) is 44.7 Å². The quantitative estimate of drug-likeness (QED) is 0.545.